The minimum absolute atomic E-state index is 0.0752. The molecule has 4 aromatic carbocycles. The quantitative estimate of drug-likeness (QED) is 0.166. The number of benzene rings is 4. The minimum Gasteiger partial charge on any atom is -0.494 e. The van der Waals surface area contributed by atoms with Crippen LogP contribution in [0.5, 0.6) is 11.5 Å². The normalized spacial score (nSPS) is 17.4. The standard InChI is InChI=1S/C38H38N4O4/c1-27(43)41-37(29-13-5-3-6-14-29)25-35(39-41)31-17-11-19-33(23-31)45-21-9-10-22-46-34-20-12-18-32(24-34)36-26-38(42(40-36)28(2)44)30-15-7-4-8-16-30/h3-8,11-20,23-24,37-38H,9-10,21-22,25-26H2,1-2H3. The molecule has 8 nitrogen and oxygen atoms in total. The maximum atomic E-state index is 12.3. The number of hydrogen-bond acceptors (Lipinski definition) is 6. The van der Waals surface area contributed by atoms with E-state index in [4.69, 9.17) is 9.47 Å². The van der Waals surface area contributed by atoms with Crippen LogP contribution in [0.2, 0.25) is 0 Å². The Kier molecular flexibility index (Phi) is 9.53. The molecule has 0 spiro atoms. The van der Waals surface area contributed by atoms with E-state index in [0.717, 1.165) is 58.0 Å². The van der Waals surface area contributed by atoms with Crippen LogP contribution in [0.15, 0.2) is 119 Å². The van der Waals surface area contributed by atoms with Gasteiger partial charge in [-0.2, -0.15) is 10.2 Å². The third-order valence-electron chi connectivity index (χ3n) is 8.25. The fraction of sp³-hybridized carbons (Fsp3) is 0.263. The van der Waals surface area contributed by atoms with Gasteiger partial charge in [0.2, 0.25) is 11.8 Å². The summed E-state index contributed by atoms with van der Waals surface area (Å²) in [5.74, 6) is 1.40. The van der Waals surface area contributed by atoms with Gasteiger partial charge in [-0.1, -0.05) is 84.9 Å². The first-order valence-electron chi connectivity index (χ1n) is 15.8. The molecule has 2 unspecified atom stereocenters. The first kappa shape index (κ1) is 30.8. The van der Waals surface area contributed by atoms with Crippen molar-refractivity contribution in [2.75, 3.05) is 13.2 Å². The van der Waals surface area contributed by atoms with Crippen LogP contribution < -0.4 is 9.47 Å². The summed E-state index contributed by atoms with van der Waals surface area (Å²) in [6.45, 7) is 4.22. The summed E-state index contributed by atoms with van der Waals surface area (Å²) in [6, 6.07) is 35.6. The van der Waals surface area contributed by atoms with E-state index in [0.29, 0.717) is 26.1 Å². The Labute approximate surface area is 270 Å². The van der Waals surface area contributed by atoms with E-state index in [1.807, 2.05) is 109 Å². The van der Waals surface area contributed by atoms with Gasteiger partial charge in [0.25, 0.3) is 0 Å². The van der Waals surface area contributed by atoms with Crippen LogP contribution in [0.25, 0.3) is 0 Å². The number of hydrazone groups is 2. The van der Waals surface area contributed by atoms with Crippen LogP contribution in [0, 0.1) is 0 Å². The summed E-state index contributed by atoms with van der Waals surface area (Å²) in [5.41, 5.74) is 5.80. The second kappa shape index (κ2) is 14.2. The van der Waals surface area contributed by atoms with Gasteiger partial charge in [-0.25, -0.2) is 10.0 Å². The predicted molar refractivity (Wildman–Crippen MR) is 179 cm³/mol. The zero-order valence-electron chi connectivity index (χ0n) is 26.2. The molecule has 0 fully saturated rings. The smallest absolute Gasteiger partial charge is 0.240 e. The molecule has 0 saturated carbocycles. The Morgan fingerprint density at radius 2 is 1.02 bits per heavy atom. The molecular formula is C38H38N4O4. The first-order chi connectivity index (χ1) is 22.5. The highest BCUT2D eigenvalue weighted by Crippen LogP contribution is 2.34. The van der Waals surface area contributed by atoms with E-state index in [9.17, 15) is 9.59 Å². The van der Waals surface area contributed by atoms with E-state index in [-0.39, 0.29) is 23.9 Å². The van der Waals surface area contributed by atoms with E-state index in [1.165, 1.54) is 0 Å². The molecule has 6 rings (SSSR count). The lowest BCUT2D eigenvalue weighted by Gasteiger charge is -2.20. The van der Waals surface area contributed by atoms with Gasteiger partial charge in [-0.3, -0.25) is 9.59 Å². The maximum absolute atomic E-state index is 12.3. The summed E-state index contributed by atoms with van der Waals surface area (Å²) < 4.78 is 12.1. The molecule has 0 aromatic heterocycles. The summed E-state index contributed by atoms with van der Waals surface area (Å²) in [7, 11) is 0. The fourth-order valence-corrected chi connectivity index (χ4v) is 5.93. The van der Waals surface area contributed by atoms with Gasteiger partial charge in [0.1, 0.15) is 11.5 Å². The highest BCUT2D eigenvalue weighted by Gasteiger charge is 2.32. The summed E-state index contributed by atoms with van der Waals surface area (Å²) >= 11 is 0. The number of rotatable bonds is 11. The van der Waals surface area contributed by atoms with Crippen molar-refractivity contribution in [1.82, 2.24) is 10.0 Å². The lowest BCUT2D eigenvalue weighted by Crippen LogP contribution is -2.24. The number of carbonyl (C=O) groups is 2. The molecular weight excluding hydrogens is 576 g/mol. The Morgan fingerprint density at radius 1 is 0.609 bits per heavy atom. The first-order valence-corrected chi connectivity index (χ1v) is 15.8. The van der Waals surface area contributed by atoms with Crippen LogP contribution in [0.4, 0.5) is 0 Å². The second-order valence-electron chi connectivity index (χ2n) is 11.5. The van der Waals surface area contributed by atoms with Crippen LogP contribution in [0.3, 0.4) is 0 Å². The van der Waals surface area contributed by atoms with Gasteiger partial charge >= 0.3 is 0 Å². The minimum atomic E-state index is -0.105. The fourth-order valence-electron chi connectivity index (χ4n) is 5.93. The van der Waals surface area contributed by atoms with Crippen LogP contribution in [-0.4, -0.2) is 46.5 Å². The largest absolute Gasteiger partial charge is 0.494 e. The number of hydrogen-bond donors (Lipinski definition) is 0. The number of carbonyl (C=O) groups excluding carboxylic acids is 2. The van der Waals surface area contributed by atoms with Crippen LogP contribution >= 0.6 is 0 Å². The van der Waals surface area contributed by atoms with Gasteiger partial charge in [0.05, 0.1) is 36.7 Å². The molecule has 2 heterocycles. The molecule has 2 atom stereocenters. The van der Waals surface area contributed by atoms with Crippen molar-refractivity contribution in [2.45, 2.75) is 51.6 Å². The molecule has 0 aliphatic carbocycles. The molecule has 0 bridgehead atoms. The van der Waals surface area contributed by atoms with Gasteiger partial charge in [0.15, 0.2) is 0 Å². The van der Waals surface area contributed by atoms with Crippen LogP contribution in [-0.2, 0) is 9.59 Å². The SMILES string of the molecule is CC(=O)N1N=C(c2cccc(OCCCCOc3cccc(C4=NN(C(C)=O)C(c5ccccc5)C4)c3)c2)CC1c1ccccc1. The summed E-state index contributed by atoms with van der Waals surface area (Å²) in [6.07, 6.45) is 2.97. The van der Waals surface area contributed by atoms with Crippen molar-refractivity contribution in [1.29, 1.82) is 0 Å². The molecule has 234 valence electrons. The maximum Gasteiger partial charge on any atom is 0.240 e. The molecule has 0 saturated heterocycles. The number of ether oxygens (including phenoxy) is 2. The Balaban J connectivity index is 0.987. The van der Waals surface area contributed by atoms with Crippen molar-refractivity contribution >= 4 is 23.2 Å². The molecule has 46 heavy (non-hydrogen) atoms. The average molecular weight is 615 g/mol. The molecule has 0 N–H and O–H groups in total. The number of nitrogens with zero attached hydrogens (tertiary/aromatic N) is 4. The second-order valence-corrected chi connectivity index (χ2v) is 11.5. The highest BCUT2D eigenvalue weighted by atomic mass is 16.5. The Morgan fingerprint density at radius 3 is 1.41 bits per heavy atom. The van der Waals surface area contributed by atoms with Crippen molar-refractivity contribution in [3.8, 4) is 11.5 Å². The van der Waals surface area contributed by atoms with E-state index < -0.39 is 0 Å². The Bertz CT molecular complexity index is 1610. The lowest BCUT2D eigenvalue weighted by molar-refractivity contribution is -0.131. The third-order valence-corrected chi connectivity index (χ3v) is 8.25. The highest BCUT2D eigenvalue weighted by molar-refractivity contribution is 6.04. The number of unbranched alkanes of at least 4 members (excludes halogenated alkanes) is 1. The third kappa shape index (κ3) is 7.18. The van der Waals surface area contributed by atoms with Crippen molar-refractivity contribution in [3.05, 3.63) is 131 Å². The van der Waals surface area contributed by atoms with Gasteiger partial charge < -0.3 is 9.47 Å². The molecule has 2 aliphatic heterocycles. The summed E-state index contributed by atoms with van der Waals surface area (Å²) in [5, 5.41) is 12.5. The molecule has 2 aliphatic rings. The van der Waals surface area contributed by atoms with Gasteiger partial charge in [0, 0.05) is 37.8 Å². The van der Waals surface area contributed by atoms with Gasteiger partial charge in [-0.15, -0.1) is 0 Å². The van der Waals surface area contributed by atoms with Crippen LogP contribution in [0.1, 0.15) is 73.9 Å². The van der Waals surface area contributed by atoms with Crippen molar-refractivity contribution in [3.63, 3.8) is 0 Å². The zero-order valence-corrected chi connectivity index (χ0v) is 26.2. The van der Waals surface area contributed by atoms with Crippen molar-refractivity contribution in [2.24, 2.45) is 10.2 Å². The van der Waals surface area contributed by atoms with E-state index in [1.54, 1.807) is 23.9 Å². The molecule has 2 amide bonds. The lowest BCUT2D eigenvalue weighted by atomic mass is 9.98. The molecule has 0 radical (unpaired) electrons. The monoisotopic (exact) mass is 614 g/mol. The average Bonchev–Trinajstić information content (AvgIpc) is 3.74. The Hall–Kier alpha value is -5.24. The van der Waals surface area contributed by atoms with Crippen molar-refractivity contribution < 1.29 is 19.1 Å². The molecule has 4 aromatic rings. The van der Waals surface area contributed by atoms with E-state index >= 15 is 0 Å². The summed E-state index contributed by atoms with van der Waals surface area (Å²) in [4.78, 5) is 24.7. The van der Waals surface area contributed by atoms with E-state index in [2.05, 4.69) is 10.2 Å². The number of amides is 2. The molecule has 8 heteroatoms. The topological polar surface area (TPSA) is 83.8 Å². The zero-order chi connectivity index (χ0) is 31.9. The van der Waals surface area contributed by atoms with Gasteiger partial charge in [-0.05, 0) is 48.2 Å². The predicted octanol–water partition coefficient (Wildman–Crippen LogP) is 7.32.